The quantitative estimate of drug-likeness (QED) is 0.595. The number of benzene rings is 1. The summed E-state index contributed by atoms with van der Waals surface area (Å²) in [6.07, 6.45) is 2.97. The van der Waals surface area contributed by atoms with Gasteiger partial charge >= 0.3 is 0 Å². The molecule has 15 heavy (non-hydrogen) atoms. The first-order chi connectivity index (χ1) is 7.27. The van der Waals surface area contributed by atoms with E-state index in [1.807, 2.05) is 6.07 Å². The molecule has 0 amide bonds. The van der Waals surface area contributed by atoms with E-state index in [0.717, 1.165) is 0 Å². The molecule has 1 aromatic carbocycles. The zero-order chi connectivity index (χ0) is 10.7. The van der Waals surface area contributed by atoms with Crippen molar-refractivity contribution < 1.29 is 5.11 Å². The Morgan fingerprint density at radius 3 is 2.93 bits per heavy atom. The molecule has 2 aromatic rings. The molecule has 2 N–H and O–H groups in total. The van der Waals surface area contributed by atoms with Crippen LogP contribution in [0.3, 0.4) is 0 Å². The van der Waals surface area contributed by atoms with E-state index in [-0.39, 0.29) is 5.75 Å². The highest BCUT2D eigenvalue weighted by molar-refractivity contribution is 7.71. The summed E-state index contributed by atoms with van der Waals surface area (Å²) in [6.45, 7) is 0. The molecule has 0 aliphatic carbocycles. The minimum Gasteiger partial charge on any atom is -0.507 e. The molecule has 0 aliphatic heterocycles. The lowest BCUT2D eigenvalue weighted by Gasteiger charge is -1.96. The Balaban J connectivity index is 2.30. The van der Waals surface area contributed by atoms with Gasteiger partial charge in [0.05, 0.1) is 6.21 Å². The number of nitrogens with zero attached hydrogens (tertiary/aromatic N) is 3. The maximum Gasteiger partial charge on any atom is 0.216 e. The number of phenolic OH excluding ortho intramolecular Hbond substituents is 1. The van der Waals surface area contributed by atoms with Gasteiger partial charge < -0.3 is 5.11 Å². The van der Waals surface area contributed by atoms with Crippen molar-refractivity contribution in [3.05, 3.63) is 40.9 Å². The molecule has 0 bridgehead atoms. The average Bonchev–Trinajstić information content (AvgIpc) is 2.63. The number of aromatic nitrogens is 3. The maximum atomic E-state index is 9.46. The molecule has 2 rings (SSSR count). The normalized spacial score (nSPS) is 10.9. The van der Waals surface area contributed by atoms with E-state index in [1.165, 1.54) is 17.2 Å². The molecule has 0 unspecified atom stereocenters. The monoisotopic (exact) mass is 220 g/mol. The Morgan fingerprint density at radius 2 is 2.27 bits per heavy atom. The van der Waals surface area contributed by atoms with Gasteiger partial charge in [0, 0.05) is 5.56 Å². The largest absolute Gasteiger partial charge is 0.507 e. The molecular formula is C9H8N4OS. The number of H-pyrrole nitrogens is 1. The lowest BCUT2D eigenvalue weighted by Crippen LogP contribution is -1.89. The molecule has 0 fully saturated rings. The van der Waals surface area contributed by atoms with Crippen molar-refractivity contribution >= 4 is 18.4 Å². The highest BCUT2D eigenvalue weighted by atomic mass is 32.1. The fourth-order valence-electron chi connectivity index (χ4n) is 1.05. The smallest absolute Gasteiger partial charge is 0.216 e. The molecule has 1 heterocycles. The SMILES string of the molecule is Oc1ccccc1/C=N\n1cn[nH]c1=S. The van der Waals surface area contributed by atoms with Gasteiger partial charge in [0.15, 0.2) is 0 Å². The van der Waals surface area contributed by atoms with Gasteiger partial charge in [0.1, 0.15) is 12.1 Å². The first-order valence-electron chi connectivity index (χ1n) is 4.22. The zero-order valence-electron chi connectivity index (χ0n) is 7.66. The van der Waals surface area contributed by atoms with Gasteiger partial charge in [-0.2, -0.15) is 14.9 Å². The van der Waals surface area contributed by atoms with Gasteiger partial charge in [-0.05, 0) is 24.4 Å². The summed E-state index contributed by atoms with van der Waals surface area (Å²) in [5.41, 5.74) is 0.626. The van der Waals surface area contributed by atoms with E-state index in [4.69, 9.17) is 12.2 Å². The number of aromatic hydroxyl groups is 1. The Morgan fingerprint density at radius 1 is 1.47 bits per heavy atom. The number of hydrogen-bond donors (Lipinski definition) is 2. The average molecular weight is 220 g/mol. The van der Waals surface area contributed by atoms with Crippen molar-refractivity contribution in [2.45, 2.75) is 0 Å². The lowest BCUT2D eigenvalue weighted by atomic mass is 10.2. The first-order valence-corrected chi connectivity index (χ1v) is 4.62. The van der Waals surface area contributed by atoms with Gasteiger partial charge in [-0.3, -0.25) is 5.10 Å². The second-order valence-electron chi connectivity index (χ2n) is 2.81. The van der Waals surface area contributed by atoms with Gasteiger partial charge in [-0.1, -0.05) is 12.1 Å². The topological polar surface area (TPSA) is 66.2 Å². The predicted molar refractivity (Wildman–Crippen MR) is 58.5 cm³/mol. The summed E-state index contributed by atoms with van der Waals surface area (Å²) in [6, 6.07) is 6.91. The number of phenols is 1. The number of rotatable bonds is 2. The van der Waals surface area contributed by atoms with Crippen LogP contribution in [0.2, 0.25) is 0 Å². The Labute approximate surface area is 90.7 Å². The Kier molecular flexibility index (Phi) is 2.59. The molecule has 76 valence electrons. The van der Waals surface area contributed by atoms with E-state index < -0.39 is 0 Å². The summed E-state index contributed by atoms with van der Waals surface area (Å²) in [5.74, 6) is 0.177. The minimum atomic E-state index is 0.177. The van der Waals surface area contributed by atoms with Gasteiger partial charge in [0.2, 0.25) is 4.77 Å². The van der Waals surface area contributed by atoms with E-state index in [1.54, 1.807) is 18.2 Å². The number of aromatic amines is 1. The zero-order valence-corrected chi connectivity index (χ0v) is 8.48. The van der Waals surface area contributed by atoms with Crippen molar-refractivity contribution in [2.24, 2.45) is 5.10 Å². The van der Waals surface area contributed by atoms with Crippen molar-refractivity contribution in [3.8, 4) is 5.75 Å². The third-order valence-electron chi connectivity index (χ3n) is 1.79. The van der Waals surface area contributed by atoms with Crippen LogP contribution in [0.25, 0.3) is 0 Å². The molecule has 0 atom stereocenters. The summed E-state index contributed by atoms with van der Waals surface area (Å²) < 4.78 is 1.81. The van der Waals surface area contributed by atoms with Gasteiger partial charge in [-0.15, -0.1) is 0 Å². The van der Waals surface area contributed by atoms with E-state index >= 15 is 0 Å². The molecule has 0 spiro atoms. The Bertz CT molecular complexity index is 543. The lowest BCUT2D eigenvalue weighted by molar-refractivity contribution is 0.474. The van der Waals surface area contributed by atoms with Crippen LogP contribution in [0, 0.1) is 4.77 Å². The second-order valence-corrected chi connectivity index (χ2v) is 3.20. The predicted octanol–water partition coefficient (Wildman–Crippen LogP) is 1.53. The van der Waals surface area contributed by atoms with Crippen molar-refractivity contribution in [1.29, 1.82) is 0 Å². The third-order valence-corrected chi connectivity index (χ3v) is 2.07. The molecule has 0 saturated carbocycles. The van der Waals surface area contributed by atoms with Crippen LogP contribution in [0.5, 0.6) is 5.75 Å². The highest BCUT2D eigenvalue weighted by Crippen LogP contribution is 2.12. The molecule has 5 nitrogen and oxygen atoms in total. The van der Waals surface area contributed by atoms with E-state index in [2.05, 4.69) is 15.3 Å². The molecule has 0 aliphatic rings. The third kappa shape index (κ3) is 2.10. The summed E-state index contributed by atoms with van der Waals surface area (Å²) in [7, 11) is 0. The van der Waals surface area contributed by atoms with Crippen molar-refractivity contribution in [1.82, 2.24) is 14.9 Å². The van der Waals surface area contributed by atoms with Crippen molar-refractivity contribution in [2.75, 3.05) is 0 Å². The van der Waals surface area contributed by atoms with E-state index in [0.29, 0.717) is 10.3 Å². The summed E-state index contributed by atoms with van der Waals surface area (Å²) in [5, 5.41) is 19.8. The fourth-order valence-corrected chi connectivity index (χ4v) is 1.19. The Hall–Kier alpha value is -1.95. The molecule has 0 radical (unpaired) electrons. The van der Waals surface area contributed by atoms with Crippen LogP contribution in [0.1, 0.15) is 5.56 Å². The molecule has 1 aromatic heterocycles. The van der Waals surface area contributed by atoms with Crippen LogP contribution in [-0.4, -0.2) is 26.2 Å². The molecular weight excluding hydrogens is 212 g/mol. The summed E-state index contributed by atoms with van der Waals surface area (Å²) in [4.78, 5) is 0. The van der Waals surface area contributed by atoms with Crippen LogP contribution in [-0.2, 0) is 0 Å². The van der Waals surface area contributed by atoms with Crippen LogP contribution < -0.4 is 0 Å². The van der Waals surface area contributed by atoms with Crippen LogP contribution >= 0.6 is 12.2 Å². The standard InChI is InChI=1S/C9H8N4OS/c14-8-4-2-1-3-7(8)5-11-13-6-10-12-9(13)15/h1-6,14H,(H,12,15)/b11-5-. The highest BCUT2D eigenvalue weighted by Gasteiger charge is 1.95. The van der Waals surface area contributed by atoms with Crippen molar-refractivity contribution in [3.63, 3.8) is 0 Å². The summed E-state index contributed by atoms with van der Waals surface area (Å²) >= 11 is 4.90. The van der Waals surface area contributed by atoms with Crippen LogP contribution in [0.15, 0.2) is 35.7 Å². The van der Waals surface area contributed by atoms with E-state index in [9.17, 15) is 5.11 Å². The van der Waals surface area contributed by atoms with Gasteiger partial charge in [0.25, 0.3) is 0 Å². The number of para-hydroxylation sites is 1. The van der Waals surface area contributed by atoms with Crippen LogP contribution in [0.4, 0.5) is 0 Å². The minimum absolute atomic E-state index is 0.177. The second kappa shape index (κ2) is 4.05. The fraction of sp³-hybridized carbons (Fsp3) is 0. The first kappa shape index (κ1) is 9.60. The molecule has 6 heteroatoms. The number of hydrogen-bond acceptors (Lipinski definition) is 4. The van der Waals surface area contributed by atoms with Gasteiger partial charge in [-0.25, -0.2) is 0 Å². The molecule has 0 saturated heterocycles. The number of nitrogens with one attached hydrogen (secondary N) is 1. The maximum absolute atomic E-state index is 9.46.